The van der Waals surface area contributed by atoms with E-state index in [4.69, 9.17) is 10.8 Å². The molecule has 0 aromatic heterocycles. The van der Waals surface area contributed by atoms with E-state index in [2.05, 4.69) is 10.6 Å². The molecule has 1 heterocycles. The Bertz CT molecular complexity index is 245. The highest BCUT2D eigenvalue weighted by atomic mass is 16.4. The van der Waals surface area contributed by atoms with Crippen LogP contribution in [0, 0.1) is 0 Å². The second-order valence-corrected chi connectivity index (χ2v) is 3.18. The second kappa shape index (κ2) is 4.14. The second-order valence-electron chi connectivity index (χ2n) is 3.18. The van der Waals surface area contributed by atoms with Gasteiger partial charge in [-0.1, -0.05) is 0 Å². The summed E-state index contributed by atoms with van der Waals surface area (Å²) in [5, 5.41) is 13.2. The van der Waals surface area contributed by atoms with Gasteiger partial charge in [0.05, 0.1) is 6.04 Å². The number of amides is 3. The molecule has 0 bridgehead atoms. The van der Waals surface area contributed by atoms with Crippen molar-refractivity contribution < 1.29 is 14.7 Å². The predicted octanol–water partition coefficient (Wildman–Crippen LogP) is -1.40. The van der Waals surface area contributed by atoms with E-state index in [1.807, 2.05) is 0 Å². The van der Waals surface area contributed by atoms with Crippen LogP contribution in [0.1, 0.15) is 0 Å². The highest BCUT2D eigenvalue weighted by molar-refractivity contribution is 5.74. The van der Waals surface area contributed by atoms with Gasteiger partial charge in [0.25, 0.3) is 0 Å². The summed E-state index contributed by atoms with van der Waals surface area (Å²) >= 11 is 0. The molecule has 0 unspecified atom stereocenters. The van der Waals surface area contributed by atoms with Gasteiger partial charge in [-0.05, 0) is 0 Å². The summed E-state index contributed by atoms with van der Waals surface area (Å²) in [6.07, 6.45) is -1.12. The van der Waals surface area contributed by atoms with Gasteiger partial charge in [-0.25, -0.2) is 9.59 Å². The fourth-order valence-corrected chi connectivity index (χ4v) is 1.46. The third kappa shape index (κ3) is 2.25. The normalized spacial score (nSPS) is 26.0. The van der Waals surface area contributed by atoms with Crippen LogP contribution in [-0.2, 0) is 0 Å². The van der Waals surface area contributed by atoms with E-state index in [1.54, 1.807) is 0 Å². The van der Waals surface area contributed by atoms with Crippen LogP contribution in [0.15, 0.2) is 0 Å². The lowest BCUT2D eigenvalue weighted by atomic mass is 10.2. The van der Waals surface area contributed by atoms with Crippen LogP contribution >= 0.6 is 0 Å². The largest absolute Gasteiger partial charge is 0.465 e. The molecule has 5 N–H and O–H groups in total. The first kappa shape index (κ1) is 10.6. The number of carbonyl (C=O) groups excluding carboxylic acids is 1. The number of carboxylic acid groups (broad SMARTS) is 1. The molecule has 0 saturated carbocycles. The highest BCUT2D eigenvalue weighted by Gasteiger charge is 2.33. The van der Waals surface area contributed by atoms with Gasteiger partial charge in [-0.2, -0.15) is 0 Å². The molecule has 80 valence electrons. The molecule has 0 aromatic rings. The summed E-state index contributed by atoms with van der Waals surface area (Å²) in [5.74, 6) is 0. The van der Waals surface area contributed by atoms with Gasteiger partial charge in [0.1, 0.15) is 0 Å². The average Bonchev–Trinajstić information content (AvgIpc) is 2.46. The first-order valence-corrected chi connectivity index (χ1v) is 4.26. The standard InChI is InChI=1S/C7H14N4O3/c1-9-6(12)11-2-4(8)5(3-11)10-7(13)14/h4-5,10H,2-3,8H2,1H3,(H,9,12)(H,13,14)/t4-,5+/m1/s1. The van der Waals surface area contributed by atoms with Crippen LogP contribution < -0.4 is 16.4 Å². The Morgan fingerprint density at radius 1 is 1.50 bits per heavy atom. The molecule has 3 amide bonds. The molecule has 14 heavy (non-hydrogen) atoms. The molecule has 0 spiro atoms. The Balaban J connectivity index is 2.51. The molecule has 1 aliphatic heterocycles. The quantitative estimate of drug-likeness (QED) is 0.419. The van der Waals surface area contributed by atoms with E-state index in [0.29, 0.717) is 13.1 Å². The van der Waals surface area contributed by atoms with Gasteiger partial charge in [0.2, 0.25) is 0 Å². The number of rotatable bonds is 1. The molecule has 1 saturated heterocycles. The van der Waals surface area contributed by atoms with E-state index >= 15 is 0 Å². The van der Waals surface area contributed by atoms with Crippen LogP contribution in [0.2, 0.25) is 0 Å². The minimum absolute atomic E-state index is 0.241. The molecule has 0 radical (unpaired) electrons. The monoisotopic (exact) mass is 202 g/mol. The van der Waals surface area contributed by atoms with Crippen molar-refractivity contribution in [3.05, 3.63) is 0 Å². The van der Waals surface area contributed by atoms with Crippen molar-refractivity contribution in [1.82, 2.24) is 15.5 Å². The van der Waals surface area contributed by atoms with Gasteiger partial charge in [0.15, 0.2) is 0 Å². The zero-order chi connectivity index (χ0) is 10.7. The fourth-order valence-electron chi connectivity index (χ4n) is 1.46. The Kier molecular flexibility index (Phi) is 3.13. The fraction of sp³-hybridized carbons (Fsp3) is 0.714. The molecule has 1 rings (SSSR count). The third-order valence-electron chi connectivity index (χ3n) is 2.18. The lowest BCUT2D eigenvalue weighted by Gasteiger charge is -2.15. The van der Waals surface area contributed by atoms with Crippen LogP contribution in [0.4, 0.5) is 9.59 Å². The number of nitrogens with two attached hydrogens (primary N) is 1. The summed E-state index contributed by atoms with van der Waals surface area (Å²) < 4.78 is 0. The third-order valence-corrected chi connectivity index (χ3v) is 2.18. The Hall–Kier alpha value is -1.50. The van der Waals surface area contributed by atoms with Gasteiger partial charge >= 0.3 is 12.1 Å². The summed E-state index contributed by atoms with van der Waals surface area (Å²) in [5.41, 5.74) is 5.66. The molecular weight excluding hydrogens is 188 g/mol. The summed E-state index contributed by atoms with van der Waals surface area (Å²) in [4.78, 5) is 23.0. The van der Waals surface area contributed by atoms with Gasteiger partial charge in [-0.3, -0.25) is 0 Å². The molecule has 2 atom stereocenters. The van der Waals surface area contributed by atoms with Crippen LogP contribution in [0.5, 0.6) is 0 Å². The average molecular weight is 202 g/mol. The molecule has 1 fully saturated rings. The van der Waals surface area contributed by atoms with E-state index in [9.17, 15) is 9.59 Å². The number of hydrogen-bond acceptors (Lipinski definition) is 3. The van der Waals surface area contributed by atoms with Crippen LogP contribution in [0.25, 0.3) is 0 Å². The number of likely N-dealkylation sites (tertiary alicyclic amines) is 1. The first-order valence-electron chi connectivity index (χ1n) is 4.26. The molecule has 0 aliphatic carbocycles. The lowest BCUT2D eigenvalue weighted by molar-refractivity contribution is 0.187. The van der Waals surface area contributed by atoms with E-state index in [1.165, 1.54) is 11.9 Å². The minimum Gasteiger partial charge on any atom is -0.465 e. The van der Waals surface area contributed by atoms with E-state index < -0.39 is 6.09 Å². The molecule has 7 heteroatoms. The number of urea groups is 1. The number of carbonyl (C=O) groups is 2. The summed E-state index contributed by atoms with van der Waals surface area (Å²) in [6, 6.07) is -0.969. The minimum atomic E-state index is -1.12. The van der Waals surface area contributed by atoms with Crippen molar-refractivity contribution >= 4 is 12.1 Å². The van der Waals surface area contributed by atoms with Gasteiger partial charge in [0, 0.05) is 26.2 Å². The number of nitrogens with one attached hydrogen (secondary N) is 2. The van der Waals surface area contributed by atoms with Gasteiger partial charge in [-0.15, -0.1) is 0 Å². The van der Waals surface area contributed by atoms with Crippen LogP contribution in [0.3, 0.4) is 0 Å². The number of hydrogen-bond donors (Lipinski definition) is 4. The topological polar surface area (TPSA) is 108 Å². The summed E-state index contributed by atoms with van der Waals surface area (Å²) in [7, 11) is 1.52. The van der Waals surface area contributed by atoms with Crippen molar-refractivity contribution in [2.24, 2.45) is 5.73 Å². The van der Waals surface area contributed by atoms with Gasteiger partial charge < -0.3 is 26.4 Å². The van der Waals surface area contributed by atoms with E-state index in [-0.39, 0.29) is 18.1 Å². The maximum absolute atomic E-state index is 11.2. The first-order chi connectivity index (χ1) is 6.54. The van der Waals surface area contributed by atoms with Crippen LogP contribution in [-0.4, -0.2) is 54.4 Å². The Labute approximate surface area is 81.2 Å². The highest BCUT2D eigenvalue weighted by Crippen LogP contribution is 2.08. The van der Waals surface area contributed by atoms with Crippen molar-refractivity contribution in [2.75, 3.05) is 20.1 Å². The Morgan fingerprint density at radius 2 is 2.14 bits per heavy atom. The maximum Gasteiger partial charge on any atom is 0.404 e. The number of nitrogens with zero attached hydrogens (tertiary/aromatic N) is 1. The van der Waals surface area contributed by atoms with Crippen molar-refractivity contribution in [2.45, 2.75) is 12.1 Å². The Morgan fingerprint density at radius 3 is 2.64 bits per heavy atom. The molecule has 1 aliphatic rings. The van der Waals surface area contributed by atoms with Crippen molar-refractivity contribution in [3.63, 3.8) is 0 Å². The maximum atomic E-state index is 11.2. The van der Waals surface area contributed by atoms with E-state index in [0.717, 1.165) is 0 Å². The SMILES string of the molecule is CNC(=O)N1C[C@@H](N)[C@@H](NC(=O)O)C1. The zero-order valence-corrected chi connectivity index (χ0v) is 7.86. The smallest absolute Gasteiger partial charge is 0.404 e. The zero-order valence-electron chi connectivity index (χ0n) is 7.86. The summed E-state index contributed by atoms with van der Waals surface area (Å²) in [6.45, 7) is 0.678. The van der Waals surface area contributed by atoms with Crippen molar-refractivity contribution in [3.8, 4) is 0 Å². The van der Waals surface area contributed by atoms with Crippen molar-refractivity contribution in [1.29, 1.82) is 0 Å². The molecular formula is C7H14N4O3. The molecule has 0 aromatic carbocycles. The predicted molar refractivity (Wildman–Crippen MR) is 49.0 cm³/mol. The molecule has 7 nitrogen and oxygen atoms in total. The lowest BCUT2D eigenvalue weighted by Crippen LogP contribution is -2.46.